The lowest BCUT2D eigenvalue weighted by molar-refractivity contribution is 0.0819. The van der Waals surface area contributed by atoms with Crippen LogP contribution < -0.4 is 14.4 Å². The molecule has 2 aromatic rings. The number of amides is 1. The Labute approximate surface area is 157 Å². The Morgan fingerprint density at radius 2 is 1.81 bits per heavy atom. The lowest BCUT2D eigenvalue weighted by atomic mass is 10.1. The maximum absolute atomic E-state index is 14.9. The van der Waals surface area contributed by atoms with Gasteiger partial charge in [-0.3, -0.25) is 9.69 Å². The van der Waals surface area contributed by atoms with Gasteiger partial charge in [0.1, 0.15) is 0 Å². The first kappa shape index (κ1) is 17.8. The summed E-state index contributed by atoms with van der Waals surface area (Å²) in [7, 11) is 2.98. The van der Waals surface area contributed by atoms with Gasteiger partial charge in [0.2, 0.25) is 0 Å². The average Bonchev–Trinajstić information content (AvgIpc) is 3.29. The molecule has 0 bridgehead atoms. The van der Waals surface area contributed by atoms with Crippen LogP contribution in [0, 0.1) is 5.82 Å². The van der Waals surface area contributed by atoms with Crippen LogP contribution in [0.3, 0.4) is 0 Å². The lowest BCUT2D eigenvalue weighted by Crippen LogP contribution is -2.29. The molecule has 0 N–H and O–H groups in total. The second-order valence-electron chi connectivity index (χ2n) is 6.83. The Hall–Kier alpha value is -2.60. The van der Waals surface area contributed by atoms with Crippen molar-refractivity contribution >= 4 is 11.6 Å². The summed E-state index contributed by atoms with van der Waals surface area (Å²) in [4.78, 5) is 14.3. The van der Waals surface area contributed by atoms with Crippen LogP contribution in [0.2, 0.25) is 0 Å². The molecule has 1 fully saturated rings. The molecule has 1 saturated carbocycles. The quantitative estimate of drug-likeness (QED) is 0.779. The molecule has 6 heteroatoms. The SMILES string of the molecule is COc1cc(F)c(N2C(=O)c3ccccc3C2OC)cc1OC1CCCC1. The van der Waals surface area contributed by atoms with Crippen molar-refractivity contribution in [2.75, 3.05) is 19.1 Å². The number of carbonyl (C=O) groups excluding carboxylic acids is 1. The van der Waals surface area contributed by atoms with Crippen molar-refractivity contribution in [3.63, 3.8) is 0 Å². The third kappa shape index (κ3) is 3.04. The molecule has 1 aliphatic carbocycles. The summed E-state index contributed by atoms with van der Waals surface area (Å²) in [6.45, 7) is 0. The molecule has 2 aromatic carbocycles. The fraction of sp³-hybridized carbons (Fsp3) is 0.381. The molecule has 0 aromatic heterocycles. The third-order valence-corrected chi connectivity index (χ3v) is 5.22. The summed E-state index contributed by atoms with van der Waals surface area (Å²) in [5, 5.41) is 0. The largest absolute Gasteiger partial charge is 0.493 e. The van der Waals surface area contributed by atoms with E-state index in [9.17, 15) is 9.18 Å². The van der Waals surface area contributed by atoms with E-state index in [4.69, 9.17) is 14.2 Å². The van der Waals surface area contributed by atoms with Crippen LogP contribution in [0.15, 0.2) is 36.4 Å². The molecule has 0 radical (unpaired) electrons. The van der Waals surface area contributed by atoms with Gasteiger partial charge in [0.25, 0.3) is 5.91 Å². The molecule has 2 aliphatic rings. The van der Waals surface area contributed by atoms with Crippen molar-refractivity contribution in [1.29, 1.82) is 0 Å². The Morgan fingerprint density at radius 1 is 1.07 bits per heavy atom. The zero-order valence-corrected chi connectivity index (χ0v) is 15.4. The Bertz CT molecular complexity index is 863. The molecule has 1 atom stereocenters. The van der Waals surface area contributed by atoms with Crippen LogP contribution in [0.4, 0.5) is 10.1 Å². The van der Waals surface area contributed by atoms with Crippen molar-refractivity contribution in [1.82, 2.24) is 0 Å². The highest BCUT2D eigenvalue weighted by molar-refractivity contribution is 6.11. The number of fused-ring (bicyclic) bond motifs is 1. The topological polar surface area (TPSA) is 48.0 Å². The first-order valence-electron chi connectivity index (χ1n) is 9.13. The second-order valence-corrected chi connectivity index (χ2v) is 6.83. The molecule has 4 rings (SSSR count). The summed E-state index contributed by atoms with van der Waals surface area (Å²) in [5.74, 6) is -0.0946. The molecule has 1 heterocycles. The Morgan fingerprint density at radius 3 is 2.52 bits per heavy atom. The number of nitrogens with zero attached hydrogens (tertiary/aromatic N) is 1. The van der Waals surface area contributed by atoms with E-state index in [1.54, 1.807) is 18.2 Å². The van der Waals surface area contributed by atoms with Crippen LogP contribution in [0.25, 0.3) is 0 Å². The van der Waals surface area contributed by atoms with E-state index in [0.29, 0.717) is 17.1 Å². The van der Waals surface area contributed by atoms with Gasteiger partial charge in [-0.15, -0.1) is 0 Å². The third-order valence-electron chi connectivity index (χ3n) is 5.22. The van der Waals surface area contributed by atoms with E-state index in [-0.39, 0.29) is 17.7 Å². The standard InChI is InChI=1S/C21H22FNO4/c1-25-18-11-16(22)17(12-19(18)27-13-7-3-4-8-13)23-20(24)14-9-5-6-10-15(14)21(23)26-2/h5-6,9-13,21H,3-4,7-8H2,1-2H3. The first-order chi connectivity index (χ1) is 13.1. The number of anilines is 1. The molecule has 1 unspecified atom stereocenters. The molecule has 1 aliphatic heterocycles. The van der Waals surface area contributed by atoms with Gasteiger partial charge in [-0.05, 0) is 31.7 Å². The van der Waals surface area contributed by atoms with E-state index < -0.39 is 12.0 Å². The molecule has 0 spiro atoms. The van der Waals surface area contributed by atoms with Crippen molar-refractivity contribution in [2.45, 2.75) is 38.0 Å². The van der Waals surface area contributed by atoms with Gasteiger partial charge >= 0.3 is 0 Å². The van der Waals surface area contributed by atoms with Crippen LogP contribution in [0.5, 0.6) is 11.5 Å². The number of halogens is 1. The van der Waals surface area contributed by atoms with Gasteiger partial charge in [-0.1, -0.05) is 18.2 Å². The normalized spacial score (nSPS) is 19.4. The fourth-order valence-corrected chi connectivity index (χ4v) is 3.90. The number of methoxy groups -OCH3 is 2. The number of carbonyl (C=O) groups is 1. The minimum absolute atomic E-state index is 0.0851. The summed E-state index contributed by atoms with van der Waals surface area (Å²) in [6, 6.07) is 9.97. The van der Waals surface area contributed by atoms with E-state index >= 15 is 0 Å². The van der Waals surface area contributed by atoms with Gasteiger partial charge in [-0.25, -0.2) is 4.39 Å². The summed E-state index contributed by atoms with van der Waals surface area (Å²) in [6.07, 6.45) is 3.56. The Balaban J connectivity index is 1.75. The van der Waals surface area contributed by atoms with Gasteiger partial charge in [0.05, 0.1) is 18.9 Å². The van der Waals surface area contributed by atoms with Gasteiger partial charge in [0.15, 0.2) is 23.5 Å². The smallest absolute Gasteiger partial charge is 0.261 e. The lowest BCUT2D eigenvalue weighted by Gasteiger charge is -2.26. The number of rotatable bonds is 5. The molecule has 27 heavy (non-hydrogen) atoms. The summed E-state index contributed by atoms with van der Waals surface area (Å²) in [5.41, 5.74) is 1.35. The zero-order valence-electron chi connectivity index (χ0n) is 15.4. The van der Waals surface area contributed by atoms with Crippen LogP contribution in [-0.4, -0.2) is 26.2 Å². The predicted molar refractivity (Wildman–Crippen MR) is 98.8 cm³/mol. The van der Waals surface area contributed by atoms with Crippen LogP contribution >= 0.6 is 0 Å². The Kier molecular flexibility index (Phi) is 4.74. The minimum Gasteiger partial charge on any atom is -0.493 e. The van der Waals surface area contributed by atoms with Crippen molar-refractivity contribution < 1.29 is 23.4 Å². The predicted octanol–water partition coefficient (Wildman–Crippen LogP) is 4.46. The van der Waals surface area contributed by atoms with Gasteiger partial charge in [0, 0.05) is 30.4 Å². The van der Waals surface area contributed by atoms with E-state index in [1.165, 1.54) is 25.2 Å². The van der Waals surface area contributed by atoms with Crippen LogP contribution in [0.1, 0.15) is 47.8 Å². The molecular formula is C21H22FNO4. The molecule has 1 amide bonds. The summed E-state index contributed by atoms with van der Waals surface area (Å²) >= 11 is 0. The maximum Gasteiger partial charge on any atom is 0.261 e. The highest BCUT2D eigenvalue weighted by atomic mass is 19.1. The van der Waals surface area contributed by atoms with Gasteiger partial charge < -0.3 is 14.2 Å². The van der Waals surface area contributed by atoms with E-state index in [2.05, 4.69) is 0 Å². The maximum atomic E-state index is 14.9. The average molecular weight is 371 g/mol. The molecular weight excluding hydrogens is 349 g/mol. The second kappa shape index (κ2) is 7.19. The van der Waals surface area contributed by atoms with Crippen LogP contribution in [-0.2, 0) is 4.74 Å². The number of hydrogen-bond donors (Lipinski definition) is 0. The van der Waals surface area contributed by atoms with E-state index in [0.717, 1.165) is 31.2 Å². The number of ether oxygens (including phenoxy) is 3. The zero-order chi connectivity index (χ0) is 19.0. The molecule has 142 valence electrons. The highest BCUT2D eigenvalue weighted by Gasteiger charge is 2.39. The first-order valence-corrected chi connectivity index (χ1v) is 9.13. The number of benzene rings is 2. The molecule has 0 saturated heterocycles. The number of hydrogen-bond acceptors (Lipinski definition) is 4. The monoisotopic (exact) mass is 371 g/mol. The van der Waals surface area contributed by atoms with E-state index in [1.807, 2.05) is 12.1 Å². The van der Waals surface area contributed by atoms with Gasteiger partial charge in [-0.2, -0.15) is 0 Å². The summed E-state index contributed by atoms with van der Waals surface area (Å²) < 4.78 is 31.8. The van der Waals surface area contributed by atoms with Crippen molar-refractivity contribution in [2.24, 2.45) is 0 Å². The van der Waals surface area contributed by atoms with Crippen molar-refractivity contribution in [3.05, 3.63) is 53.3 Å². The molecule has 5 nitrogen and oxygen atoms in total. The fourth-order valence-electron chi connectivity index (χ4n) is 3.90. The minimum atomic E-state index is -0.684. The highest BCUT2D eigenvalue weighted by Crippen LogP contribution is 2.43. The van der Waals surface area contributed by atoms with Crippen molar-refractivity contribution in [3.8, 4) is 11.5 Å².